The monoisotopic (exact) mass is 476 g/mol. The van der Waals surface area contributed by atoms with E-state index in [1.807, 2.05) is 25.1 Å². The number of benzene rings is 2. The number of halogens is 1. The van der Waals surface area contributed by atoms with E-state index >= 15 is 0 Å². The molecule has 0 unspecified atom stereocenters. The van der Waals surface area contributed by atoms with Crippen molar-refractivity contribution in [3.63, 3.8) is 0 Å². The van der Waals surface area contributed by atoms with E-state index in [1.54, 1.807) is 32.4 Å². The van der Waals surface area contributed by atoms with Crippen molar-refractivity contribution < 1.29 is 18.7 Å². The quantitative estimate of drug-likeness (QED) is 0.503. The predicted octanol–water partition coefficient (Wildman–Crippen LogP) is 4.43. The van der Waals surface area contributed by atoms with Gasteiger partial charge in [-0.25, -0.2) is 9.37 Å². The first-order valence-electron chi connectivity index (χ1n) is 11.5. The Morgan fingerprint density at radius 2 is 1.74 bits per heavy atom. The van der Waals surface area contributed by atoms with Gasteiger partial charge in [0.1, 0.15) is 23.0 Å². The molecule has 0 saturated carbocycles. The van der Waals surface area contributed by atoms with Crippen molar-refractivity contribution in [2.45, 2.75) is 32.9 Å². The molecule has 8 heteroatoms. The summed E-state index contributed by atoms with van der Waals surface area (Å²) in [6, 6.07) is 13.7. The van der Waals surface area contributed by atoms with Crippen LogP contribution in [0.2, 0.25) is 0 Å². The summed E-state index contributed by atoms with van der Waals surface area (Å²) in [5.41, 5.74) is 4.15. The minimum atomic E-state index is -0.312. The third-order valence-corrected chi connectivity index (χ3v) is 5.82. The molecule has 0 bridgehead atoms. The summed E-state index contributed by atoms with van der Waals surface area (Å²) in [6.07, 6.45) is 1.97. The molecule has 182 valence electrons. The molecule has 3 aromatic rings. The number of ether oxygens (including phenoxy) is 2. The van der Waals surface area contributed by atoms with Crippen molar-refractivity contribution in [3.05, 3.63) is 76.7 Å². The van der Waals surface area contributed by atoms with Gasteiger partial charge in [0.15, 0.2) is 0 Å². The number of hydrogen-bond acceptors (Lipinski definition) is 6. The van der Waals surface area contributed by atoms with E-state index in [0.717, 1.165) is 47.5 Å². The van der Waals surface area contributed by atoms with Gasteiger partial charge >= 0.3 is 0 Å². The van der Waals surface area contributed by atoms with Crippen LogP contribution in [-0.2, 0) is 13.1 Å². The van der Waals surface area contributed by atoms with Crippen LogP contribution in [0, 0.1) is 12.7 Å². The lowest BCUT2D eigenvalue weighted by molar-refractivity contribution is 0.0946. The molecule has 2 heterocycles. The number of rotatable bonds is 8. The lowest BCUT2D eigenvalue weighted by Crippen LogP contribution is -2.25. The van der Waals surface area contributed by atoms with E-state index in [4.69, 9.17) is 9.47 Å². The minimum absolute atomic E-state index is 0.276. The van der Waals surface area contributed by atoms with Crippen molar-refractivity contribution in [1.29, 1.82) is 0 Å². The van der Waals surface area contributed by atoms with E-state index in [0.29, 0.717) is 23.7 Å². The number of nitrogens with zero attached hydrogens (tertiary/aromatic N) is 2. The minimum Gasteiger partial charge on any atom is -0.497 e. The molecule has 1 aliphatic heterocycles. The maximum atomic E-state index is 13.7. The van der Waals surface area contributed by atoms with Crippen LogP contribution >= 0.6 is 0 Å². The number of carbonyl (C=O) groups is 1. The summed E-state index contributed by atoms with van der Waals surface area (Å²) >= 11 is 0. The van der Waals surface area contributed by atoms with Crippen molar-refractivity contribution in [1.82, 2.24) is 15.6 Å². The number of nitrogens with one attached hydrogen (secondary N) is 2. The van der Waals surface area contributed by atoms with Crippen molar-refractivity contribution in [3.8, 4) is 22.8 Å². The number of hydrogen-bond donors (Lipinski definition) is 2. The third-order valence-electron chi connectivity index (χ3n) is 5.82. The van der Waals surface area contributed by atoms with Crippen LogP contribution < -0.4 is 20.1 Å². The van der Waals surface area contributed by atoms with Gasteiger partial charge in [0, 0.05) is 37.7 Å². The number of amides is 1. The average molecular weight is 477 g/mol. The number of amidine groups is 1. The van der Waals surface area contributed by atoms with E-state index in [-0.39, 0.29) is 24.0 Å². The second kappa shape index (κ2) is 11.0. The summed E-state index contributed by atoms with van der Waals surface area (Å²) in [6.45, 7) is 3.45. The van der Waals surface area contributed by atoms with E-state index in [9.17, 15) is 9.18 Å². The van der Waals surface area contributed by atoms with Crippen LogP contribution in [0.25, 0.3) is 11.3 Å². The predicted molar refractivity (Wildman–Crippen MR) is 133 cm³/mol. The molecule has 0 spiro atoms. The van der Waals surface area contributed by atoms with Gasteiger partial charge in [-0.1, -0.05) is 0 Å². The molecular formula is C27H29FN4O3. The van der Waals surface area contributed by atoms with Crippen molar-refractivity contribution in [2.24, 2.45) is 4.99 Å². The fraction of sp³-hybridized carbons (Fsp3) is 0.296. The van der Waals surface area contributed by atoms with Gasteiger partial charge in [0.25, 0.3) is 5.91 Å². The molecule has 4 rings (SSSR count). The van der Waals surface area contributed by atoms with Gasteiger partial charge in [-0.2, -0.15) is 0 Å². The number of aromatic nitrogens is 1. The smallest absolute Gasteiger partial charge is 0.270 e. The first kappa shape index (κ1) is 24.2. The van der Waals surface area contributed by atoms with Crippen LogP contribution in [0.4, 0.5) is 4.39 Å². The maximum absolute atomic E-state index is 13.7. The van der Waals surface area contributed by atoms with E-state index < -0.39 is 0 Å². The molecule has 1 aromatic heterocycles. The van der Waals surface area contributed by atoms with E-state index in [2.05, 4.69) is 20.6 Å². The summed E-state index contributed by atoms with van der Waals surface area (Å²) in [7, 11) is 3.16. The Morgan fingerprint density at radius 1 is 1.00 bits per heavy atom. The van der Waals surface area contributed by atoms with Gasteiger partial charge in [0.05, 0.1) is 25.7 Å². The maximum Gasteiger partial charge on any atom is 0.270 e. The normalized spacial score (nSPS) is 12.7. The molecule has 0 fully saturated rings. The molecule has 0 aliphatic carbocycles. The number of methoxy groups -OCH3 is 2. The highest BCUT2D eigenvalue weighted by molar-refractivity contribution is 5.93. The Labute approximate surface area is 204 Å². The molecule has 1 aliphatic rings. The summed E-state index contributed by atoms with van der Waals surface area (Å²) in [5, 5.41) is 6.28. The van der Waals surface area contributed by atoms with Crippen molar-refractivity contribution >= 4 is 11.7 Å². The summed E-state index contributed by atoms with van der Waals surface area (Å²) in [5.74, 6) is 1.63. The highest BCUT2D eigenvalue weighted by Crippen LogP contribution is 2.25. The molecule has 1 amide bonds. The second-order valence-electron chi connectivity index (χ2n) is 8.39. The second-order valence-corrected chi connectivity index (χ2v) is 8.39. The fourth-order valence-electron chi connectivity index (χ4n) is 3.99. The van der Waals surface area contributed by atoms with Crippen LogP contribution in [0.1, 0.15) is 40.0 Å². The lowest BCUT2D eigenvalue weighted by atomic mass is 10.0. The van der Waals surface area contributed by atoms with Gasteiger partial charge in [-0.3, -0.25) is 9.79 Å². The summed E-state index contributed by atoms with van der Waals surface area (Å²) < 4.78 is 24.3. The zero-order chi connectivity index (χ0) is 24.8. The number of pyridine rings is 1. The lowest BCUT2D eigenvalue weighted by Gasteiger charge is -2.13. The van der Waals surface area contributed by atoms with Gasteiger partial charge in [0.2, 0.25) is 0 Å². The first-order valence-corrected chi connectivity index (χ1v) is 11.5. The highest BCUT2D eigenvalue weighted by atomic mass is 19.1. The Morgan fingerprint density at radius 3 is 2.40 bits per heavy atom. The topological polar surface area (TPSA) is 84.8 Å². The van der Waals surface area contributed by atoms with Crippen LogP contribution in [-0.4, -0.2) is 37.5 Å². The molecule has 2 aromatic carbocycles. The van der Waals surface area contributed by atoms with E-state index in [1.165, 1.54) is 12.1 Å². The molecule has 35 heavy (non-hydrogen) atoms. The summed E-state index contributed by atoms with van der Waals surface area (Å²) in [4.78, 5) is 22.2. The standard InChI is InChI=1S/C27H29FN4O3/c1-17-9-20(28)6-7-23(17)24-12-19(15-30-26-5-4-8-29-26)13-25(32-24)27(33)31-16-18-10-21(34-2)14-22(11-18)35-3/h6-7,9-14H,4-5,8,15-16H2,1-3H3,(H,29,30)(H,31,33). The Bertz CT molecular complexity index is 1240. The number of aryl methyl sites for hydroxylation is 1. The zero-order valence-corrected chi connectivity index (χ0v) is 20.2. The number of aliphatic imine (C=N–C) groups is 1. The van der Waals surface area contributed by atoms with Gasteiger partial charge < -0.3 is 20.1 Å². The Kier molecular flexibility index (Phi) is 7.60. The SMILES string of the molecule is COc1cc(CNC(=O)c2cc(CNC3=NCCC3)cc(-c3ccc(F)cc3C)n2)cc(OC)c1. The molecule has 0 atom stereocenters. The van der Waals surface area contributed by atoms with Crippen molar-refractivity contribution in [2.75, 3.05) is 20.8 Å². The van der Waals surface area contributed by atoms with Gasteiger partial charge in [-0.05, 0) is 72.5 Å². The third kappa shape index (κ3) is 6.15. The van der Waals surface area contributed by atoms with Gasteiger partial charge in [-0.15, -0.1) is 0 Å². The molecule has 2 N–H and O–H groups in total. The molecule has 0 radical (unpaired) electrons. The average Bonchev–Trinajstić information content (AvgIpc) is 3.39. The Balaban J connectivity index is 1.59. The molecule has 0 saturated heterocycles. The highest BCUT2D eigenvalue weighted by Gasteiger charge is 2.15. The zero-order valence-electron chi connectivity index (χ0n) is 20.2. The van der Waals surface area contributed by atoms with Crippen LogP contribution in [0.5, 0.6) is 11.5 Å². The number of carbonyl (C=O) groups excluding carboxylic acids is 1. The van der Waals surface area contributed by atoms with Crippen LogP contribution in [0.15, 0.2) is 53.5 Å². The molecule has 7 nitrogen and oxygen atoms in total. The molecular weight excluding hydrogens is 447 g/mol. The fourth-order valence-corrected chi connectivity index (χ4v) is 3.99. The van der Waals surface area contributed by atoms with Crippen LogP contribution in [0.3, 0.4) is 0 Å². The Hall–Kier alpha value is -3.94. The first-order chi connectivity index (χ1) is 16.9. The largest absolute Gasteiger partial charge is 0.497 e.